The minimum absolute atomic E-state index is 0.142. The highest BCUT2D eigenvalue weighted by molar-refractivity contribution is 9.10. The third-order valence-electron chi connectivity index (χ3n) is 4.29. The highest BCUT2D eigenvalue weighted by atomic mass is 79.9. The Labute approximate surface area is 155 Å². The first kappa shape index (κ1) is 17.7. The smallest absolute Gasteiger partial charge is 0.254 e. The molecule has 0 unspecified atom stereocenters. The summed E-state index contributed by atoms with van der Waals surface area (Å²) in [6.07, 6.45) is -0.142. The molecule has 1 amide bonds. The molecule has 2 aromatic carbocycles. The van der Waals surface area contributed by atoms with E-state index < -0.39 is 5.82 Å². The number of carbonyl (C=O) groups excluding carboxylic acids is 1. The molecule has 0 aromatic heterocycles. The third kappa shape index (κ3) is 3.79. The predicted molar refractivity (Wildman–Crippen MR) is 99.8 cm³/mol. The van der Waals surface area contributed by atoms with E-state index in [1.807, 2.05) is 24.3 Å². The minimum atomic E-state index is -0.431. The van der Waals surface area contributed by atoms with Gasteiger partial charge in [-0.05, 0) is 53.2 Å². The molecule has 0 N–H and O–H groups in total. The minimum Gasteiger partial charge on any atom is -0.485 e. The van der Waals surface area contributed by atoms with E-state index in [2.05, 4.69) is 27.8 Å². The summed E-state index contributed by atoms with van der Waals surface area (Å²) >= 11 is 3.31. The molecule has 1 heterocycles. The second-order valence-electron chi connectivity index (χ2n) is 6.06. The number of halogens is 2. The van der Waals surface area contributed by atoms with Gasteiger partial charge < -0.3 is 14.5 Å². The first-order chi connectivity index (χ1) is 12.0. The monoisotopic (exact) mass is 406 g/mol. The van der Waals surface area contributed by atoms with E-state index >= 15 is 0 Å². The molecule has 25 heavy (non-hydrogen) atoms. The standard InChI is InChI=1S/C19H20BrFN2O2/c1-3-23-12-14(25-18-7-5-4-6-17(18)23)11-22(2)19(24)15-10-13(21)8-9-16(15)20/h4-10,14H,3,11-12H2,1-2H3/t14-/m0/s1. The maximum atomic E-state index is 13.5. The van der Waals surface area contributed by atoms with Crippen LogP contribution in [0.1, 0.15) is 17.3 Å². The lowest BCUT2D eigenvalue weighted by Crippen LogP contribution is -2.46. The quantitative estimate of drug-likeness (QED) is 0.770. The summed E-state index contributed by atoms with van der Waals surface area (Å²) in [5.74, 6) is 0.158. The van der Waals surface area contributed by atoms with Crippen LogP contribution in [0.5, 0.6) is 5.75 Å². The molecule has 0 spiro atoms. The van der Waals surface area contributed by atoms with Crippen LogP contribution in [0.2, 0.25) is 0 Å². The molecule has 0 saturated carbocycles. The number of anilines is 1. The van der Waals surface area contributed by atoms with Crippen LogP contribution >= 0.6 is 15.9 Å². The molecule has 1 atom stereocenters. The van der Waals surface area contributed by atoms with Gasteiger partial charge in [-0.3, -0.25) is 4.79 Å². The molecule has 4 nitrogen and oxygen atoms in total. The van der Waals surface area contributed by atoms with Gasteiger partial charge in [0.15, 0.2) is 0 Å². The Hall–Kier alpha value is -2.08. The van der Waals surface area contributed by atoms with Crippen molar-refractivity contribution in [2.75, 3.05) is 31.6 Å². The van der Waals surface area contributed by atoms with Gasteiger partial charge in [0.2, 0.25) is 0 Å². The number of carbonyl (C=O) groups is 1. The van der Waals surface area contributed by atoms with Crippen molar-refractivity contribution < 1.29 is 13.9 Å². The van der Waals surface area contributed by atoms with Gasteiger partial charge in [-0.2, -0.15) is 0 Å². The Balaban J connectivity index is 1.74. The van der Waals surface area contributed by atoms with Crippen LogP contribution in [0.15, 0.2) is 46.9 Å². The second-order valence-corrected chi connectivity index (χ2v) is 6.91. The Morgan fingerprint density at radius 1 is 1.36 bits per heavy atom. The van der Waals surface area contributed by atoms with Crippen molar-refractivity contribution >= 4 is 27.5 Å². The molecule has 0 fully saturated rings. The maximum Gasteiger partial charge on any atom is 0.254 e. The highest BCUT2D eigenvalue weighted by Gasteiger charge is 2.27. The molecule has 0 bridgehead atoms. The fraction of sp³-hybridized carbons (Fsp3) is 0.316. The maximum absolute atomic E-state index is 13.5. The summed E-state index contributed by atoms with van der Waals surface area (Å²) in [5, 5.41) is 0. The summed E-state index contributed by atoms with van der Waals surface area (Å²) in [7, 11) is 1.71. The van der Waals surface area contributed by atoms with Crippen molar-refractivity contribution in [3.05, 3.63) is 58.3 Å². The zero-order valence-electron chi connectivity index (χ0n) is 14.2. The van der Waals surface area contributed by atoms with E-state index in [-0.39, 0.29) is 12.0 Å². The number of benzene rings is 2. The number of fused-ring (bicyclic) bond motifs is 1. The fourth-order valence-electron chi connectivity index (χ4n) is 3.03. The van der Waals surface area contributed by atoms with E-state index in [1.54, 1.807) is 18.0 Å². The van der Waals surface area contributed by atoms with Crippen molar-refractivity contribution in [2.24, 2.45) is 0 Å². The van der Waals surface area contributed by atoms with Crippen LogP contribution in [0.25, 0.3) is 0 Å². The number of hydrogen-bond acceptors (Lipinski definition) is 3. The first-order valence-electron chi connectivity index (χ1n) is 8.20. The van der Waals surface area contributed by atoms with Gasteiger partial charge in [-0.1, -0.05) is 12.1 Å². The number of hydrogen-bond donors (Lipinski definition) is 0. The summed E-state index contributed by atoms with van der Waals surface area (Å²) in [6, 6.07) is 12.0. The number of rotatable bonds is 4. The van der Waals surface area contributed by atoms with E-state index in [1.165, 1.54) is 12.1 Å². The predicted octanol–water partition coefficient (Wildman–Crippen LogP) is 3.95. The molecule has 6 heteroatoms. The zero-order chi connectivity index (χ0) is 18.0. The van der Waals surface area contributed by atoms with Gasteiger partial charge in [0.05, 0.1) is 24.3 Å². The molecule has 1 aliphatic rings. The van der Waals surface area contributed by atoms with Crippen LogP contribution < -0.4 is 9.64 Å². The molecule has 132 valence electrons. The van der Waals surface area contributed by atoms with Crippen LogP contribution in [0, 0.1) is 5.82 Å². The van der Waals surface area contributed by atoms with Crippen molar-refractivity contribution in [3.8, 4) is 5.75 Å². The highest BCUT2D eigenvalue weighted by Crippen LogP contribution is 2.33. The fourth-order valence-corrected chi connectivity index (χ4v) is 3.45. The Morgan fingerprint density at radius 2 is 2.12 bits per heavy atom. The van der Waals surface area contributed by atoms with Crippen molar-refractivity contribution in [3.63, 3.8) is 0 Å². The number of amides is 1. The average Bonchev–Trinajstić information content (AvgIpc) is 2.62. The summed E-state index contributed by atoms with van der Waals surface area (Å²) < 4.78 is 20.1. The zero-order valence-corrected chi connectivity index (χ0v) is 15.8. The van der Waals surface area contributed by atoms with Gasteiger partial charge >= 0.3 is 0 Å². The number of nitrogens with zero attached hydrogens (tertiary/aromatic N) is 2. The Bertz CT molecular complexity index is 784. The number of para-hydroxylation sites is 2. The summed E-state index contributed by atoms with van der Waals surface area (Å²) in [6.45, 7) is 4.09. The Morgan fingerprint density at radius 3 is 2.88 bits per heavy atom. The first-order valence-corrected chi connectivity index (χ1v) is 9.00. The van der Waals surface area contributed by atoms with Gasteiger partial charge in [0.1, 0.15) is 17.7 Å². The molecule has 2 aromatic rings. The number of likely N-dealkylation sites (N-methyl/N-ethyl adjacent to an activating group) is 2. The topological polar surface area (TPSA) is 32.8 Å². The lowest BCUT2D eigenvalue weighted by molar-refractivity contribution is 0.0708. The molecule has 0 radical (unpaired) electrons. The second kappa shape index (κ2) is 7.44. The van der Waals surface area contributed by atoms with Crippen LogP contribution in [0.3, 0.4) is 0 Å². The SMILES string of the molecule is CCN1C[C@H](CN(C)C(=O)c2cc(F)ccc2Br)Oc2ccccc21. The molecule has 3 rings (SSSR count). The largest absolute Gasteiger partial charge is 0.485 e. The molecule has 1 aliphatic heterocycles. The van der Waals surface area contributed by atoms with Gasteiger partial charge in [0, 0.05) is 18.1 Å². The normalized spacial score (nSPS) is 16.2. The average molecular weight is 407 g/mol. The van der Waals surface area contributed by atoms with Crippen molar-refractivity contribution in [2.45, 2.75) is 13.0 Å². The van der Waals surface area contributed by atoms with E-state index in [0.29, 0.717) is 23.1 Å². The van der Waals surface area contributed by atoms with Gasteiger partial charge in [0.25, 0.3) is 5.91 Å². The van der Waals surface area contributed by atoms with Crippen LogP contribution in [-0.2, 0) is 0 Å². The molecular formula is C19H20BrFN2O2. The lowest BCUT2D eigenvalue weighted by atomic mass is 10.1. The van der Waals surface area contributed by atoms with Crippen molar-refractivity contribution in [1.29, 1.82) is 0 Å². The van der Waals surface area contributed by atoms with E-state index in [0.717, 1.165) is 18.0 Å². The summed E-state index contributed by atoms with van der Waals surface area (Å²) in [4.78, 5) is 16.5. The number of ether oxygens (including phenoxy) is 1. The van der Waals surface area contributed by atoms with Crippen LogP contribution in [0.4, 0.5) is 10.1 Å². The van der Waals surface area contributed by atoms with Crippen molar-refractivity contribution in [1.82, 2.24) is 4.90 Å². The van der Waals surface area contributed by atoms with E-state index in [4.69, 9.17) is 4.74 Å². The molecular weight excluding hydrogens is 387 g/mol. The Kier molecular flexibility index (Phi) is 5.27. The van der Waals surface area contributed by atoms with Gasteiger partial charge in [-0.15, -0.1) is 0 Å². The molecule has 0 aliphatic carbocycles. The summed E-state index contributed by atoms with van der Waals surface area (Å²) in [5.41, 5.74) is 1.38. The van der Waals surface area contributed by atoms with Crippen LogP contribution in [-0.4, -0.2) is 43.6 Å². The third-order valence-corrected chi connectivity index (χ3v) is 4.98. The van der Waals surface area contributed by atoms with E-state index in [9.17, 15) is 9.18 Å². The lowest BCUT2D eigenvalue weighted by Gasteiger charge is -2.37. The molecule has 0 saturated heterocycles. The van der Waals surface area contributed by atoms with Gasteiger partial charge in [-0.25, -0.2) is 4.39 Å².